The molecular weight excluding hydrogens is 251 g/mol. The van der Waals surface area contributed by atoms with Gasteiger partial charge in [0.1, 0.15) is 5.82 Å². The Balaban J connectivity index is 2.26. The molecule has 1 aliphatic rings. The summed E-state index contributed by atoms with van der Waals surface area (Å²) in [5.74, 6) is -0.221. The van der Waals surface area contributed by atoms with E-state index < -0.39 is 0 Å². The highest BCUT2D eigenvalue weighted by molar-refractivity contribution is 5.95. The van der Waals surface area contributed by atoms with Gasteiger partial charge in [-0.1, -0.05) is 20.4 Å². The topological polar surface area (TPSA) is 27.8 Å². The van der Waals surface area contributed by atoms with Crippen molar-refractivity contribution in [2.24, 2.45) is 5.41 Å². The Bertz CT molecular complexity index is 695. The minimum absolute atomic E-state index is 0.221. The molecule has 1 aliphatic carbocycles. The fourth-order valence-corrected chi connectivity index (χ4v) is 3.25. The third-order valence-corrected chi connectivity index (χ3v) is 4.39. The average molecular weight is 272 g/mol. The number of benzene rings is 1. The summed E-state index contributed by atoms with van der Waals surface area (Å²) < 4.78 is 13.8. The standard InChI is InChI=1S/C17H21FN2/c1-10(19-4)13-7-11(18)8-14-16(13)12-5-6-17(2,3)9-15(12)20-14/h7-8,19-20H,1,5-6,9H2,2-4H3. The largest absolute Gasteiger partial charge is 0.388 e. The summed E-state index contributed by atoms with van der Waals surface area (Å²) in [4.78, 5) is 3.42. The molecule has 2 aromatic rings. The lowest BCUT2D eigenvalue weighted by molar-refractivity contribution is 0.313. The summed E-state index contributed by atoms with van der Waals surface area (Å²) in [5.41, 5.74) is 5.43. The highest BCUT2D eigenvalue weighted by Gasteiger charge is 2.29. The number of halogens is 1. The van der Waals surface area contributed by atoms with Crippen molar-refractivity contribution in [3.05, 3.63) is 41.3 Å². The van der Waals surface area contributed by atoms with Crippen molar-refractivity contribution in [2.75, 3.05) is 7.05 Å². The number of hydrogen-bond acceptors (Lipinski definition) is 1. The Morgan fingerprint density at radius 3 is 2.85 bits per heavy atom. The predicted molar refractivity (Wildman–Crippen MR) is 82.2 cm³/mol. The lowest BCUT2D eigenvalue weighted by atomic mass is 9.76. The Morgan fingerprint density at radius 1 is 1.40 bits per heavy atom. The van der Waals surface area contributed by atoms with Crippen molar-refractivity contribution >= 4 is 16.6 Å². The highest BCUT2D eigenvalue weighted by atomic mass is 19.1. The summed E-state index contributed by atoms with van der Waals surface area (Å²) in [6, 6.07) is 3.17. The third-order valence-electron chi connectivity index (χ3n) is 4.39. The van der Waals surface area contributed by atoms with Crippen LogP contribution in [0.25, 0.3) is 16.6 Å². The van der Waals surface area contributed by atoms with Crippen LogP contribution < -0.4 is 5.32 Å². The zero-order chi connectivity index (χ0) is 14.5. The molecule has 1 aromatic carbocycles. The molecule has 2 N–H and O–H groups in total. The summed E-state index contributed by atoms with van der Waals surface area (Å²) in [6.07, 6.45) is 3.22. The van der Waals surface area contributed by atoms with Gasteiger partial charge in [-0.25, -0.2) is 4.39 Å². The average Bonchev–Trinajstić information content (AvgIpc) is 2.71. The second kappa shape index (κ2) is 4.37. The smallest absolute Gasteiger partial charge is 0.125 e. The number of hydrogen-bond donors (Lipinski definition) is 2. The van der Waals surface area contributed by atoms with Gasteiger partial charge >= 0.3 is 0 Å². The number of H-pyrrole nitrogens is 1. The monoisotopic (exact) mass is 272 g/mol. The minimum Gasteiger partial charge on any atom is -0.388 e. The van der Waals surface area contributed by atoms with Crippen molar-refractivity contribution in [3.8, 4) is 0 Å². The maximum absolute atomic E-state index is 13.8. The van der Waals surface area contributed by atoms with E-state index in [0.717, 1.165) is 41.4 Å². The molecule has 3 rings (SSSR count). The predicted octanol–water partition coefficient (Wildman–Crippen LogP) is 4.01. The summed E-state index contributed by atoms with van der Waals surface area (Å²) in [5, 5.41) is 4.17. The molecular formula is C17H21FN2. The maximum atomic E-state index is 13.8. The number of aryl methyl sites for hydroxylation is 1. The number of nitrogens with one attached hydrogen (secondary N) is 2. The maximum Gasteiger partial charge on any atom is 0.125 e. The first kappa shape index (κ1) is 13.2. The van der Waals surface area contributed by atoms with Crippen LogP contribution in [-0.4, -0.2) is 12.0 Å². The molecule has 0 bridgehead atoms. The van der Waals surface area contributed by atoms with Crippen molar-refractivity contribution in [1.29, 1.82) is 0 Å². The quantitative estimate of drug-likeness (QED) is 0.849. The normalized spacial score (nSPS) is 17.0. The van der Waals surface area contributed by atoms with E-state index in [1.165, 1.54) is 11.3 Å². The van der Waals surface area contributed by atoms with E-state index in [2.05, 4.69) is 30.7 Å². The van der Waals surface area contributed by atoms with Crippen molar-refractivity contribution in [3.63, 3.8) is 0 Å². The first-order chi connectivity index (χ1) is 9.41. The van der Waals surface area contributed by atoms with Gasteiger partial charge in [0.25, 0.3) is 0 Å². The Kier molecular flexibility index (Phi) is 2.89. The molecule has 1 aromatic heterocycles. The second-order valence-corrected chi connectivity index (χ2v) is 6.53. The Morgan fingerprint density at radius 2 is 2.15 bits per heavy atom. The van der Waals surface area contributed by atoms with Crippen molar-refractivity contribution in [2.45, 2.75) is 33.1 Å². The zero-order valence-electron chi connectivity index (χ0n) is 12.4. The van der Waals surface area contributed by atoms with Crippen LogP contribution in [0, 0.1) is 11.2 Å². The molecule has 0 fully saturated rings. The van der Waals surface area contributed by atoms with E-state index in [1.807, 2.05) is 7.05 Å². The van der Waals surface area contributed by atoms with Gasteiger partial charge < -0.3 is 10.3 Å². The molecule has 106 valence electrons. The van der Waals surface area contributed by atoms with Crippen LogP contribution in [-0.2, 0) is 12.8 Å². The van der Waals surface area contributed by atoms with Gasteiger partial charge in [-0.3, -0.25) is 0 Å². The van der Waals surface area contributed by atoms with E-state index in [9.17, 15) is 4.39 Å². The molecule has 20 heavy (non-hydrogen) atoms. The Labute approximate surface area is 119 Å². The van der Waals surface area contributed by atoms with E-state index >= 15 is 0 Å². The molecule has 0 unspecified atom stereocenters. The first-order valence-corrected chi connectivity index (χ1v) is 7.11. The van der Waals surface area contributed by atoms with E-state index in [-0.39, 0.29) is 5.82 Å². The molecule has 2 nitrogen and oxygen atoms in total. The second-order valence-electron chi connectivity index (χ2n) is 6.53. The molecule has 0 radical (unpaired) electrons. The molecule has 0 aliphatic heterocycles. The fraction of sp³-hybridized carbons (Fsp3) is 0.412. The van der Waals surface area contributed by atoms with E-state index in [0.29, 0.717) is 5.41 Å². The van der Waals surface area contributed by atoms with Gasteiger partial charge in [-0.2, -0.15) is 0 Å². The number of aromatic nitrogens is 1. The SMILES string of the molecule is C=C(NC)c1cc(F)cc2[nH]c3c(c12)CCC(C)(C)C3. The fourth-order valence-electron chi connectivity index (χ4n) is 3.25. The van der Waals surface area contributed by atoms with Gasteiger partial charge in [-0.05, 0) is 42.4 Å². The number of rotatable bonds is 2. The molecule has 0 amide bonds. The summed E-state index contributed by atoms with van der Waals surface area (Å²) in [6.45, 7) is 8.57. The van der Waals surface area contributed by atoms with Crippen LogP contribution in [0.5, 0.6) is 0 Å². The van der Waals surface area contributed by atoms with Crippen LogP contribution >= 0.6 is 0 Å². The molecule has 0 saturated carbocycles. The molecule has 0 spiro atoms. The minimum atomic E-state index is -0.221. The Hall–Kier alpha value is -1.77. The van der Waals surface area contributed by atoms with Gasteiger partial charge in [-0.15, -0.1) is 0 Å². The molecule has 3 heteroatoms. The summed E-state index contributed by atoms with van der Waals surface area (Å²) in [7, 11) is 1.82. The first-order valence-electron chi connectivity index (χ1n) is 7.11. The molecule has 1 heterocycles. The van der Waals surface area contributed by atoms with Gasteiger partial charge in [0.05, 0.1) is 0 Å². The number of fused-ring (bicyclic) bond motifs is 3. The molecule has 0 atom stereocenters. The van der Waals surface area contributed by atoms with E-state index in [1.54, 1.807) is 12.1 Å². The van der Waals surface area contributed by atoms with Crippen molar-refractivity contribution in [1.82, 2.24) is 10.3 Å². The van der Waals surface area contributed by atoms with E-state index in [4.69, 9.17) is 0 Å². The highest BCUT2D eigenvalue weighted by Crippen LogP contribution is 2.40. The van der Waals surface area contributed by atoms with Crippen LogP contribution in [0.2, 0.25) is 0 Å². The van der Waals surface area contributed by atoms with Gasteiger partial charge in [0, 0.05) is 34.9 Å². The third kappa shape index (κ3) is 2.01. The van der Waals surface area contributed by atoms with Crippen LogP contribution in [0.1, 0.15) is 37.1 Å². The van der Waals surface area contributed by atoms with Crippen LogP contribution in [0.15, 0.2) is 18.7 Å². The number of aromatic amines is 1. The van der Waals surface area contributed by atoms with Gasteiger partial charge in [0.2, 0.25) is 0 Å². The lowest BCUT2D eigenvalue weighted by Gasteiger charge is -2.29. The zero-order valence-corrected chi connectivity index (χ0v) is 12.4. The summed E-state index contributed by atoms with van der Waals surface area (Å²) >= 11 is 0. The molecule has 0 saturated heterocycles. The van der Waals surface area contributed by atoms with Crippen LogP contribution in [0.3, 0.4) is 0 Å². The van der Waals surface area contributed by atoms with Gasteiger partial charge in [0.15, 0.2) is 0 Å². The van der Waals surface area contributed by atoms with Crippen LogP contribution in [0.4, 0.5) is 4.39 Å². The lowest BCUT2D eigenvalue weighted by Crippen LogP contribution is -2.21. The van der Waals surface area contributed by atoms with Crippen molar-refractivity contribution < 1.29 is 4.39 Å².